The van der Waals surface area contributed by atoms with E-state index in [1.165, 1.54) is 16.8 Å². The average molecular weight is 527 g/mol. The van der Waals surface area contributed by atoms with Gasteiger partial charge in [-0.05, 0) is 49.3 Å². The van der Waals surface area contributed by atoms with Crippen molar-refractivity contribution in [1.29, 1.82) is 0 Å². The maximum atomic E-state index is 10.5. The zero-order valence-corrected chi connectivity index (χ0v) is 21.7. The van der Waals surface area contributed by atoms with Crippen LogP contribution in [0.1, 0.15) is 61.9 Å². The summed E-state index contributed by atoms with van der Waals surface area (Å²) in [5.41, 5.74) is 5.79. The van der Waals surface area contributed by atoms with Gasteiger partial charge in [0.05, 0.1) is 18.3 Å². The first-order chi connectivity index (χ1) is 13.6. The van der Waals surface area contributed by atoms with Crippen molar-refractivity contribution in [3.05, 3.63) is 52.3 Å². The molecule has 1 aromatic carbocycles. The lowest BCUT2D eigenvalue weighted by molar-refractivity contribution is 0.187. The van der Waals surface area contributed by atoms with E-state index in [2.05, 4.69) is 60.6 Å². The van der Waals surface area contributed by atoms with Crippen LogP contribution in [0.15, 0.2) is 29.3 Å². The molecule has 1 unspecified atom stereocenters. The maximum absolute atomic E-state index is 10.5. The molecule has 0 saturated heterocycles. The molecule has 7 heteroatoms. The Morgan fingerprint density at radius 1 is 1.17 bits per heavy atom. The van der Waals surface area contributed by atoms with E-state index < -0.39 is 6.10 Å². The Bertz CT molecular complexity index is 821. The molecule has 168 valence electrons. The van der Waals surface area contributed by atoms with Crippen LogP contribution in [0, 0.1) is 13.8 Å². The predicted molar refractivity (Wildman–Crippen MR) is 136 cm³/mol. The maximum Gasteiger partial charge on any atom is 0.191 e. The molecule has 30 heavy (non-hydrogen) atoms. The zero-order chi connectivity index (χ0) is 21.6. The van der Waals surface area contributed by atoms with E-state index in [0.717, 1.165) is 36.7 Å². The topological polar surface area (TPSA) is 74.5 Å². The molecule has 0 saturated carbocycles. The Balaban J connectivity index is 0.00000450. The van der Waals surface area contributed by atoms with Crippen molar-refractivity contribution in [2.45, 2.75) is 59.5 Å². The SMILES string of the molecule is CCNC(=NCC(O)c1ccc(C(C)(C)C)cc1)NCCc1c(C)nn(C)c1C.I. The molecular weight excluding hydrogens is 489 g/mol. The number of aromatic nitrogens is 2. The summed E-state index contributed by atoms with van der Waals surface area (Å²) in [5.74, 6) is 0.719. The molecule has 0 radical (unpaired) electrons. The van der Waals surface area contributed by atoms with Gasteiger partial charge in [-0.1, -0.05) is 45.0 Å². The van der Waals surface area contributed by atoms with Crippen LogP contribution in [-0.4, -0.2) is 40.5 Å². The molecule has 0 fully saturated rings. The molecule has 0 bridgehead atoms. The summed E-state index contributed by atoms with van der Waals surface area (Å²) in [4.78, 5) is 4.57. The fourth-order valence-electron chi connectivity index (χ4n) is 3.32. The summed E-state index contributed by atoms with van der Waals surface area (Å²) in [7, 11) is 1.97. The number of hydrogen-bond donors (Lipinski definition) is 3. The Morgan fingerprint density at radius 2 is 1.80 bits per heavy atom. The molecule has 0 spiro atoms. The quantitative estimate of drug-likeness (QED) is 0.291. The second-order valence-electron chi connectivity index (χ2n) is 8.56. The molecule has 0 aliphatic carbocycles. The average Bonchev–Trinajstić information content (AvgIpc) is 2.91. The molecule has 1 heterocycles. The van der Waals surface area contributed by atoms with Crippen molar-refractivity contribution in [2.24, 2.45) is 12.0 Å². The number of hydrogen-bond acceptors (Lipinski definition) is 3. The van der Waals surface area contributed by atoms with Crippen LogP contribution >= 0.6 is 24.0 Å². The van der Waals surface area contributed by atoms with Gasteiger partial charge in [-0.15, -0.1) is 24.0 Å². The van der Waals surface area contributed by atoms with Gasteiger partial charge in [0.15, 0.2) is 5.96 Å². The van der Waals surface area contributed by atoms with Gasteiger partial charge in [0.25, 0.3) is 0 Å². The molecule has 0 aliphatic rings. The highest BCUT2D eigenvalue weighted by Crippen LogP contribution is 2.24. The fourth-order valence-corrected chi connectivity index (χ4v) is 3.32. The Labute approximate surface area is 198 Å². The van der Waals surface area contributed by atoms with E-state index in [1.807, 2.05) is 37.7 Å². The lowest BCUT2D eigenvalue weighted by Crippen LogP contribution is -2.38. The van der Waals surface area contributed by atoms with E-state index >= 15 is 0 Å². The van der Waals surface area contributed by atoms with Crippen molar-refractivity contribution < 1.29 is 5.11 Å². The number of benzene rings is 1. The van der Waals surface area contributed by atoms with Crippen molar-refractivity contribution >= 4 is 29.9 Å². The molecule has 1 atom stereocenters. The van der Waals surface area contributed by atoms with Gasteiger partial charge in [-0.25, -0.2) is 0 Å². The standard InChI is InChI=1S/C23H37N5O.HI/c1-8-24-22(25-14-13-20-16(2)27-28(7)17(20)3)26-15-21(29)18-9-11-19(12-10-18)23(4,5)6;/h9-12,21,29H,8,13-15H2,1-7H3,(H2,24,25,26);1H. The third-order valence-electron chi connectivity index (χ3n) is 5.25. The number of guanidine groups is 1. The Kier molecular flexibility index (Phi) is 10.3. The molecule has 2 aromatic rings. The molecule has 1 aromatic heterocycles. The summed E-state index contributed by atoms with van der Waals surface area (Å²) < 4.78 is 1.92. The molecule has 2 rings (SSSR count). The van der Waals surface area contributed by atoms with Crippen LogP contribution in [0.25, 0.3) is 0 Å². The van der Waals surface area contributed by atoms with Crippen LogP contribution in [0.5, 0.6) is 0 Å². The number of aliphatic hydroxyl groups is 1. The van der Waals surface area contributed by atoms with Gasteiger partial charge in [0.1, 0.15) is 0 Å². The fraction of sp³-hybridized carbons (Fsp3) is 0.565. The second kappa shape index (κ2) is 11.7. The van der Waals surface area contributed by atoms with Crippen LogP contribution in [0.4, 0.5) is 0 Å². The van der Waals surface area contributed by atoms with Crippen molar-refractivity contribution in [1.82, 2.24) is 20.4 Å². The second-order valence-corrected chi connectivity index (χ2v) is 8.56. The number of aliphatic hydroxyl groups excluding tert-OH is 1. The molecule has 0 amide bonds. The Morgan fingerprint density at radius 3 is 2.30 bits per heavy atom. The van der Waals surface area contributed by atoms with Gasteiger partial charge < -0.3 is 15.7 Å². The van der Waals surface area contributed by atoms with E-state index in [1.54, 1.807) is 0 Å². The van der Waals surface area contributed by atoms with E-state index in [-0.39, 0.29) is 29.4 Å². The van der Waals surface area contributed by atoms with Crippen LogP contribution in [0.3, 0.4) is 0 Å². The molecule has 0 aliphatic heterocycles. The van der Waals surface area contributed by atoms with Crippen LogP contribution in [0.2, 0.25) is 0 Å². The largest absolute Gasteiger partial charge is 0.386 e. The monoisotopic (exact) mass is 527 g/mol. The minimum atomic E-state index is -0.623. The van der Waals surface area contributed by atoms with E-state index in [0.29, 0.717) is 6.54 Å². The minimum absolute atomic E-state index is 0. The zero-order valence-electron chi connectivity index (χ0n) is 19.4. The van der Waals surface area contributed by atoms with Crippen LogP contribution < -0.4 is 10.6 Å². The molecule has 6 nitrogen and oxygen atoms in total. The first-order valence-corrected chi connectivity index (χ1v) is 10.4. The number of aliphatic imine (C=N–C) groups is 1. The first kappa shape index (κ1) is 26.4. The highest BCUT2D eigenvalue weighted by Gasteiger charge is 2.15. The number of rotatable bonds is 7. The van der Waals surface area contributed by atoms with Gasteiger partial charge in [0.2, 0.25) is 0 Å². The predicted octanol–water partition coefficient (Wildman–Crippen LogP) is 3.78. The smallest absolute Gasteiger partial charge is 0.191 e. The number of aryl methyl sites for hydroxylation is 2. The van der Waals surface area contributed by atoms with Crippen molar-refractivity contribution in [3.63, 3.8) is 0 Å². The van der Waals surface area contributed by atoms with Crippen LogP contribution in [-0.2, 0) is 18.9 Å². The van der Waals surface area contributed by atoms with Gasteiger partial charge in [0, 0.05) is 25.8 Å². The van der Waals surface area contributed by atoms with Gasteiger partial charge in [-0.3, -0.25) is 9.67 Å². The number of halogens is 1. The summed E-state index contributed by atoms with van der Waals surface area (Å²) >= 11 is 0. The summed E-state index contributed by atoms with van der Waals surface area (Å²) in [6.07, 6.45) is 0.259. The number of nitrogens with zero attached hydrogens (tertiary/aromatic N) is 3. The lowest BCUT2D eigenvalue weighted by Gasteiger charge is -2.20. The van der Waals surface area contributed by atoms with Crippen molar-refractivity contribution in [2.75, 3.05) is 19.6 Å². The molecular formula is C23H38IN5O. The lowest BCUT2D eigenvalue weighted by atomic mass is 9.86. The summed E-state index contributed by atoms with van der Waals surface area (Å²) in [6, 6.07) is 8.17. The van der Waals surface area contributed by atoms with E-state index in [9.17, 15) is 5.11 Å². The third-order valence-corrected chi connectivity index (χ3v) is 5.25. The Hall–Kier alpha value is -1.61. The number of nitrogens with one attached hydrogen (secondary N) is 2. The van der Waals surface area contributed by atoms with Crippen molar-refractivity contribution in [3.8, 4) is 0 Å². The van der Waals surface area contributed by atoms with Gasteiger partial charge in [-0.2, -0.15) is 5.10 Å². The summed E-state index contributed by atoms with van der Waals surface area (Å²) in [6.45, 7) is 14.6. The third kappa shape index (κ3) is 7.27. The molecule has 3 N–H and O–H groups in total. The van der Waals surface area contributed by atoms with E-state index in [4.69, 9.17) is 0 Å². The summed E-state index contributed by atoms with van der Waals surface area (Å²) in [5, 5.41) is 21.6. The van der Waals surface area contributed by atoms with Gasteiger partial charge >= 0.3 is 0 Å². The first-order valence-electron chi connectivity index (χ1n) is 10.4. The normalized spacial score (nSPS) is 13.0. The highest BCUT2D eigenvalue weighted by atomic mass is 127. The highest BCUT2D eigenvalue weighted by molar-refractivity contribution is 14.0. The minimum Gasteiger partial charge on any atom is -0.386 e.